The number of anilines is 1. The smallest absolute Gasteiger partial charge is 0.356 e. The van der Waals surface area contributed by atoms with Crippen molar-refractivity contribution >= 4 is 47.9 Å². The van der Waals surface area contributed by atoms with Crippen molar-refractivity contribution in [2.24, 2.45) is 5.73 Å². The molecule has 0 unspecified atom stereocenters. The third-order valence-electron chi connectivity index (χ3n) is 3.96. The Morgan fingerprint density at radius 3 is 1.71 bits per heavy atom. The molecule has 16 heteroatoms. The van der Waals surface area contributed by atoms with Crippen molar-refractivity contribution in [1.82, 2.24) is 4.98 Å². The average Bonchev–Trinajstić information content (AvgIpc) is 3.31. The van der Waals surface area contributed by atoms with Gasteiger partial charge in [-0.05, 0) is 41.5 Å². The van der Waals surface area contributed by atoms with E-state index in [1.807, 2.05) is 0 Å². The van der Waals surface area contributed by atoms with E-state index in [0.717, 1.165) is 6.26 Å². The number of nitrogen functional groups attached to an aromatic ring is 1. The number of nitrogens with zero attached hydrogens (tertiary/aromatic N) is 1. The van der Waals surface area contributed by atoms with Crippen LogP contribution >= 0.6 is 12.4 Å². The first-order valence-electron chi connectivity index (χ1n) is 12.3. The van der Waals surface area contributed by atoms with E-state index >= 15 is 0 Å². The Bertz CT molecular complexity index is 982. The number of carbonyl (C=O) groups excluding carboxylic acids is 5. The Labute approximate surface area is 244 Å². The first-order valence-corrected chi connectivity index (χ1v) is 12.3. The van der Waals surface area contributed by atoms with Gasteiger partial charge in [0.2, 0.25) is 6.04 Å². The fraction of sp³-hybridized carbons (Fsp3) is 0.520. The monoisotopic (exact) mass is 606 g/mol. The fourth-order valence-electron chi connectivity index (χ4n) is 2.24. The molecular weight excluding hydrogens is 568 g/mol. The van der Waals surface area contributed by atoms with Crippen LogP contribution in [0.3, 0.4) is 0 Å². The molecule has 0 saturated heterocycles. The molecule has 0 atom stereocenters. The maximum atomic E-state index is 11.4. The van der Waals surface area contributed by atoms with Gasteiger partial charge in [0.15, 0.2) is 5.57 Å². The van der Waals surface area contributed by atoms with Crippen molar-refractivity contribution in [1.29, 1.82) is 5.26 Å². The summed E-state index contributed by atoms with van der Waals surface area (Å²) < 4.78 is 27.9. The lowest BCUT2D eigenvalue weighted by Crippen LogP contribution is -2.41. The highest BCUT2D eigenvalue weighted by Crippen LogP contribution is 2.18. The number of nitrogens with two attached hydrogens (primary N) is 2. The van der Waals surface area contributed by atoms with Crippen molar-refractivity contribution in [2.75, 3.05) is 45.4 Å². The van der Waals surface area contributed by atoms with Gasteiger partial charge < -0.3 is 44.9 Å². The molecule has 0 fully saturated rings. The summed E-state index contributed by atoms with van der Waals surface area (Å²) >= 11 is 0. The zero-order chi connectivity index (χ0) is 31.1. The van der Waals surface area contributed by atoms with E-state index in [-0.39, 0.29) is 68.0 Å². The summed E-state index contributed by atoms with van der Waals surface area (Å²) in [7, 11) is 0. The first-order chi connectivity index (χ1) is 19.0. The second kappa shape index (κ2) is 24.7. The summed E-state index contributed by atoms with van der Waals surface area (Å²) in [6.45, 7) is 11.6. The number of nitriles is 1. The van der Waals surface area contributed by atoms with Crippen LogP contribution in [0.2, 0.25) is 0 Å². The van der Waals surface area contributed by atoms with Crippen molar-refractivity contribution < 1.29 is 52.4 Å². The SMILES string of the molecule is CCO/C=C(\C#N)C(=O)OCC.CCOC(=O)C(N)C(=O)OCC.CCOC(=O)c1c[nH]c(C(=O)OCC)c1N.Cl. The van der Waals surface area contributed by atoms with Crippen molar-refractivity contribution in [3.8, 4) is 6.07 Å². The van der Waals surface area contributed by atoms with E-state index in [9.17, 15) is 24.0 Å². The van der Waals surface area contributed by atoms with Crippen molar-refractivity contribution in [2.45, 2.75) is 47.6 Å². The molecule has 1 aromatic heterocycles. The standard InChI is InChI=1S/C10H14N2O4.C8H11NO3.C7H13NO4.ClH/c1-3-15-9(13)6-5-12-8(7(6)11)10(14)16-4-2;1-3-11-6-7(5-9)8(10)12-4-2;1-3-11-6(9)5(8)7(10)12-4-2;/h5,12H,3-4,11H2,1-2H3;6H,3-4H2,1-2H3;5H,3-4,8H2,1-2H3;1H/b;7-6+;;. The third-order valence-corrected chi connectivity index (χ3v) is 3.96. The summed E-state index contributed by atoms with van der Waals surface area (Å²) in [5.74, 6) is -3.30. The quantitative estimate of drug-likeness (QED) is 0.0768. The minimum Gasteiger partial charge on any atom is -0.500 e. The van der Waals surface area contributed by atoms with Gasteiger partial charge in [-0.25, -0.2) is 24.0 Å². The van der Waals surface area contributed by atoms with Crippen molar-refractivity contribution in [3.63, 3.8) is 0 Å². The van der Waals surface area contributed by atoms with Gasteiger partial charge in [-0.15, -0.1) is 12.4 Å². The van der Waals surface area contributed by atoms with E-state index in [4.69, 9.17) is 30.9 Å². The molecule has 0 aliphatic heterocycles. The molecule has 0 aliphatic carbocycles. The van der Waals surface area contributed by atoms with Crippen LogP contribution in [0.15, 0.2) is 18.0 Å². The molecule has 41 heavy (non-hydrogen) atoms. The minimum absolute atomic E-state index is 0. The molecule has 1 rings (SSSR count). The highest BCUT2D eigenvalue weighted by Gasteiger charge is 2.24. The van der Waals surface area contributed by atoms with Crippen LogP contribution in [0.25, 0.3) is 0 Å². The largest absolute Gasteiger partial charge is 0.500 e. The molecule has 0 bridgehead atoms. The van der Waals surface area contributed by atoms with Crippen LogP contribution in [0.4, 0.5) is 5.69 Å². The molecule has 0 spiro atoms. The Balaban J connectivity index is -0.000000531. The maximum absolute atomic E-state index is 11.4. The van der Waals surface area contributed by atoms with Gasteiger partial charge in [-0.3, -0.25) is 0 Å². The van der Waals surface area contributed by atoms with Crippen LogP contribution < -0.4 is 11.5 Å². The van der Waals surface area contributed by atoms with Gasteiger partial charge in [0.05, 0.1) is 45.3 Å². The number of hydrogen-bond donors (Lipinski definition) is 3. The lowest BCUT2D eigenvalue weighted by atomic mass is 10.2. The first kappa shape index (κ1) is 41.2. The lowest BCUT2D eigenvalue weighted by molar-refractivity contribution is -0.156. The molecule has 5 N–H and O–H groups in total. The highest BCUT2D eigenvalue weighted by molar-refractivity contribution is 6.03. The average molecular weight is 607 g/mol. The minimum atomic E-state index is -1.31. The molecular formula is C25H39ClN4O11. The predicted octanol–water partition coefficient (Wildman–Crippen LogP) is 1.81. The molecule has 1 heterocycles. The number of H-pyrrole nitrogens is 1. The van der Waals surface area contributed by atoms with E-state index in [2.05, 4.69) is 19.2 Å². The van der Waals surface area contributed by atoms with Gasteiger partial charge in [0.25, 0.3) is 0 Å². The van der Waals surface area contributed by atoms with Gasteiger partial charge in [-0.2, -0.15) is 5.26 Å². The fourth-order valence-corrected chi connectivity index (χ4v) is 2.24. The molecule has 0 saturated carbocycles. The molecule has 0 aliphatic rings. The summed E-state index contributed by atoms with van der Waals surface area (Å²) in [6.07, 6.45) is 2.44. The van der Waals surface area contributed by atoms with Crippen LogP contribution in [-0.2, 0) is 42.8 Å². The van der Waals surface area contributed by atoms with Crippen LogP contribution in [0.5, 0.6) is 0 Å². The number of halogens is 1. The number of hydrogen-bond acceptors (Lipinski definition) is 14. The van der Waals surface area contributed by atoms with Crippen LogP contribution in [-0.4, -0.2) is 80.5 Å². The van der Waals surface area contributed by atoms with Gasteiger partial charge >= 0.3 is 29.8 Å². The molecule has 232 valence electrons. The van der Waals surface area contributed by atoms with Gasteiger partial charge in [-0.1, -0.05) is 0 Å². The Morgan fingerprint density at radius 1 is 0.829 bits per heavy atom. The number of rotatable bonds is 12. The van der Waals surface area contributed by atoms with Crippen LogP contribution in [0, 0.1) is 11.3 Å². The third kappa shape index (κ3) is 16.4. The predicted molar refractivity (Wildman–Crippen MR) is 148 cm³/mol. The number of nitrogens with one attached hydrogen (secondary N) is 1. The number of carbonyl (C=O) groups is 5. The van der Waals surface area contributed by atoms with Crippen LogP contribution in [0.1, 0.15) is 62.4 Å². The second-order valence-electron chi connectivity index (χ2n) is 6.73. The molecule has 1 aromatic rings. The summed E-state index contributed by atoms with van der Waals surface area (Å²) in [4.78, 5) is 57.9. The van der Waals surface area contributed by atoms with E-state index in [1.165, 1.54) is 6.20 Å². The summed E-state index contributed by atoms with van der Waals surface area (Å²) in [6, 6.07) is 0.368. The van der Waals surface area contributed by atoms with Gasteiger partial charge in [0.1, 0.15) is 23.6 Å². The number of aromatic nitrogens is 1. The lowest BCUT2D eigenvalue weighted by Gasteiger charge is -2.08. The summed E-state index contributed by atoms with van der Waals surface area (Å²) in [5, 5.41) is 8.45. The van der Waals surface area contributed by atoms with Gasteiger partial charge in [0, 0.05) is 6.20 Å². The zero-order valence-corrected chi connectivity index (χ0v) is 24.8. The highest BCUT2D eigenvalue weighted by atomic mass is 35.5. The normalized spacial score (nSPS) is 9.68. The topological polar surface area (TPSA) is 232 Å². The second-order valence-corrected chi connectivity index (χ2v) is 6.73. The number of ether oxygens (including phenoxy) is 6. The zero-order valence-electron chi connectivity index (χ0n) is 24.0. The molecule has 0 aromatic carbocycles. The number of aromatic amines is 1. The maximum Gasteiger partial charge on any atom is 0.356 e. The van der Waals surface area contributed by atoms with E-state index < -0.39 is 35.9 Å². The molecule has 15 nitrogen and oxygen atoms in total. The number of esters is 5. The Kier molecular flexibility index (Phi) is 24.8. The molecule has 0 amide bonds. The Hall–Kier alpha value is -4.29. The van der Waals surface area contributed by atoms with E-state index in [0.29, 0.717) is 6.61 Å². The summed E-state index contributed by atoms with van der Waals surface area (Å²) in [5.41, 5.74) is 11.0. The van der Waals surface area contributed by atoms with Crippen molar-refractivity contribution in [3.05, 3.63) is 29.3 Å². The Morgan fingerprint density at radius 2 is 1.29 bits per heavy atom. The van der Waals surface area contributed by atoms with E-state index in [1.54, 1.807) is 47.6 Å². The molecule has 0 radical (unpaired) electrons.